The number of hydrogen-bond donors (Lipinski definition) is 1. The van der Waals surface area contributed by atoms with Crippen molar-refractivity contribution in [2.75, 3.05) is 19.6 Å². The second-order valence-corrected chi connectivity index (χ2v) is 4.74. The Morgan fingerprint density at radius 3 is 2.53 bits per heavy atom. The summed E-state index contributed by atoms with van der Waals surface area (Å²) in [6.45, 7) is 1.25. The molecular formula is C13H15F3N2O. The van der Waals surface area contributed by atoms with Gasteiger partial charge in [-0.1, -0.05) is 0 Å². The topological polar surface area (TPSA) is 46.3 Å². The summed E-state index contributed by atoms with van der Waals surface area (Å²) in [5.74, 6) is -3.97. The first-order valence-corrected chi connectivity index (χ1v) is 6.16. The number of rotatable bonds is 2. The Kier molecular flexibility index (Phi) is 4.09. The van der Waals surface area contributed by atoms with E-state index in [0.29, 0.717) is 31.8 Å². The number of carbonyl (C=O) groups is 1. The number of piperidine rings is 1. The molecule has 1 aliphatic heterocycles. The number of nitrogens with zero attached hydrogens (tertiary/aromatic N) is 1. The van der Waals surface area contributed by atoms with Gasteiger partial charge in [0.15, 0.2) is 0 Å². The first kappa shape index (κ1) is 13.9. The van der Waals surface area contributed by atoms with Crippen molar-refractivity contribution >= 4 is 5.91 Å². The molecule has 0 aliphatic carbocycles. The Bertz CT molecular complexity index is 470. The van der Waals surface area contributed by atoms with E-state index in [1.807, 2.05) is 0 Å². The van der Waals surface area contributed by atoms with E-state index in [2.05, 4.69) is 0 Å². The molecule has 1 fully saturated rings. The second-order valence-electron chi connectivity index (χ2n) is 4.74. The maximum Gasteiger partial charge on any atom is 0.259 e. The van der Waals surface area contributed by atoms with Gasteiger partial charge in [-0.05, 0) is 25.3 Å². The van der Waals surface area contributed by atoms with E-state index >= 15 is 0 Å². The highest BCUT2D eigenvalue weighted by molar-refractivity contribution is 5.94. The van der Waals surface area contributed by atoms with Crippen LogP contribution in [0, 0.1) is 23.4 Å². The average Bonchev–Trinajstić information content (AvgIpc) is 2.37. The van der Waals surface area contributed by atoms with Crippen molar-refractivity contribution in [3.05, 3.63) is 35.1 Å². The second kappa shape index (κ2) is 5.61. The van der Waals surface area contributed by atoms with E-state index < -0.39 is 28.9 Å². The summed E-state index contributed by atoms with van der Waals surface area (Å²) >= 11 is 0. The van der Waals surface area contributed by atoms with Gasteiger partial charge in [0, 0.05) is 25.2 Å². The highest BCUT2D eigenvalue weighted by Gasteiger charge is 2.28. The van der Waals surface area contributed by atoms with Crippen LogP contribution in [0.4, 0.5) is 13.2 Å². The number of carbonyl (C=O) groups excluding carboxylic acids is 1. The minimum absolute atomic E-state index is 0.143. The van der Waals surface area contributed by atoms with Gasteiger partial charge in [0.1, 0.15) is 23.0 Å². The molecule has 0 aromatic heterocycles. The van der Waals surface area contributed by atoms with E-state index in [9.17, 15) is 18.0 Å². The van der Waals surface area contributed by atoms with Crippen LogP contribution in [0.15, 0.2) is 12.1 Å². The lowest BCUT2D eigenvalue weighted by molar-refractivity contribution is 0.0668. The normalized spacial score (nSPS) is 19.6. The summed E-state index contributed by atoms with van der Waals surface area (Å²) in [6.07, 6.45) is 1.65. The van der Waals surface area contributed by atoms with Crippen molar-refractivity contribution < 1.29 is 18.0 Å². The minimum atomic E-state index is -1.17. The molecule has 1 aromatic rings. The molecule has 19 heavy (non-hydrogen) atoms. The van der Waals surface area contributed by atoms with Crippen LogP contribution in [-0.2, 0) is 0 Å². The fourth-order valence-electron chi connectivity index (χ4n) is 2.35. The first-order chi connectivity index (χ1) is 9.02. The molecule has 3 nitrogen and oxygen atoms in total. The van der Waals surface area contributed by atoms with Crippen molar-refractivity contribution in [1.29, 1.82) is 0 Å². The van der Waals surface area contributed by atoms with Gasteiger partial charge in [0.2, 0.25) is 0 Å². The van der Waals surface area contributed by atoms with Crippen LogP contribution in [0.2, 0.25) is 0 Å². The quantitative estimate of drug-likeness (QED) is 0.894. The van der Waals surface area contributed by atoms with Gasteiger partial charge >= 0.3 is 0 Å². The molecule has 1 aromatic carbocycles. The third kappa shape index (κ3) is 2.89. The Morgan fingerprint density at radius 2 is 1.95 bits per heavy atom. The van der Waals surface area contributed by atoms with E-state index in [1.54, 1.807) is 0 Å². The van der Waals surface area contributed by atoms with Gasteiger partial charge in [-0.15, -0.1) is 0 Å². The third-order valence-electron chi connectivity index (χ3n) is 3.36. The molecule has 1 heterocycles. The minimum Gasteiger partial charge on any atom is -0.338 e. The van der Waals surface area contributed by atoms with Gasteiger partial charge < -0.3 is 10.6 Å². The van der Waals surface area contributed by atoms with Crippen molar-refractivity contribution in [3.8, 4) is 0 Å². The lowest BCUT2D eigenvalue weighted by Gasteiger charge is -2.32. The van der Waals surface area contributed by atoms with Crippen molar-refractivity contribution in [2.45, 2.75) is 12.8 Å². The predicted octanol–water partition coefficient (Wildman–Crippen LogP) is 1.91. The monoisotopic (exact) mass is 272 g/mol. The van der Waals surface area contributed by atoms with Crippen LogP contribution in [-0.4, -0.2) is 30.4 Å². The molecule has 1 amide bonds. The van der Waals surface area contributed by atoms with Gasteiger partial charge in [0.25, 0.3) is 5.91 Å². The molecule has 1 unspecified atom stereocenters. The van der Waals surface area contributed by atoms with Crippen LogP contribution in [0.3, 0.4) is 0 Å². The Morgan fingerprint density at radius 1 is 1.32 bits per heavy atom. The summed E-state index contributed by atoms with van der Waals surface area (Å²) in [6, 6.07) is 1.03. The summed E-state index contributed by atoms with van der Waals surface area (Å²) in [4.78, 5) is 13.5. The SMILES string of the molecule is NCC1CCCN(C(=O)c2c(F)cc(F)cc2F)C1. The van der Waals surface area contributed by atoms with Crippen LogP contribution >= 0.6 is 0 Å². The zero-order chi connectivity index (χ0) is 14.0. The van der Waals surface area contributed by atoms with E-state index in [-0.39, 0.29) is 5.92 Å². The summed E-state index contributed by atoms with van der Waals surface area (Å²) < 4.78 is 39.9. The zero-order valence-electron chi connectivity index (χ0n) is 10.3. The fourth-order valence-corrected chi connectivity index (χ4v) is 2.35. The smallest absolute Gasteiger partial charge is 0.259 e. The number of likely N-dealkylation sites (tertiary alicyclic amines) is 1. The summed E-state index contributed by atoms with van der Waals surface area (Å²) in [5.41, 5.74) is 4.85. The molecule has 0 radical (unpaired) electrons. The highest BCUT2D eigenvalue weighted by Crippen LogP contribution is 2.21. The highest BCUT2D eigenvalue weighted by atomic mass is 19.1. The molecule has 0 saturated carbocycles. The van der Waals surface area contributed by atoms with Crippen molar-refractivity contribution in [1.82, 2.24) is 4.90 Å². The van der Waals surface area contributed by atoms with Crippen LogP contribution in [0.25, 0.3) is 0 Å². The maximum atomic E-state index is 13.5. The lowest BCUT2D eigenvalue weighted by atomic mass is 9.97. The van der Waals surface area contributed by atoms with Crippen molar-refractivity contribution in [2.24, 2.45) is 11.7 Å². The first-order valence-electron chi connectivity index (χ1n) is 6.16. The zero-order valence-corrected chi connectivity index (χ0v) is 10.3. The van der Waals surface area contributed by atoms with E-state index in [1.165, 1.54) is 4.90 Å². The summed E-state index contributed by atoms with van der Waals surface area (Å²) in [5, 5.41) is 0. The van der Waals surface area contributed by atoms with E-state index in [0.717, 1.165) is 12.8 Å². The molecule has 1 aliphatic rings. The molecule has 1 saturated heterocycles. The van der Waals surface area contributed by atoms with Gasteiger partial charge in [0.05, 0.1) is 0 Å². The molecule has 2 N–H and O–H groups in total. The predicted molar refractivity (Wildman–Crippen MR) is 64.0 cm³/mol. The third-order valence-corrected chi connectivity index (χ3v) is 3.36. The van der Waals surface area contributed by atoms with Crippen LogP contribution in [0.5, 0.6) is 0 Å². The number of nitrogens with two attached hydrogens (primary N) is 1. The number of benzene rings is 1. The Hall–Kier alpha value is -1.56. The largest absolute Gasteiger partial charge is 0.338 e. The average molecular weight is 272 g/mol. The van der Waals surface area contributed by atoms with Crippen LogP contribution in [0.1, 0.15) is 23.2 Å². The lowest BCUT2D eigenvalue weighted by Crippen LogP contribution is -2.42. The molecular weight excluding hydrogens is 257 g/mol. The molecule has 104 valence electrons. The standard InChI is InChI=1S/C13H15F3N2O/c14-9-4-10(15)12(11(16)5-9)13(19)18-3-1-2-8(6-17)7-18/h4-5,8H,1-3,6-7,17H2. The maximum absolute atomic E-state index is 13.5. The van der Waals surface area contributed by atoms with Gasteiger partial charge in [-0.25, -0.2) is 13.2 Å². The number of amides is 1. The van der Waals surface area contributed by atoms with E-state index in [4.69, 9.17) is 5.73 Å². The van der Waals surface area contributed by atoms with Gasteiger partial charge in [-0.2, -0.15) is 0 Å². The Balaban J connectivity index is 2.24. The summed E-state index contributed by atoms with van der Waals surface area (Å²) in [7, 11) is 0. The molecule has 6 heteroatoms. The number of hydrogen-bond acceptors (Lipinski definition) is 2. The van der Waals surface area contributed by atoms with Crippen LogP contribution < -0.4 is 5.73 Å². The number of halogens is 3. The van der Waals surface area contributed by atoms with Crippen molar-refractivity contribution in [3.63, 3.8) is 0 Å². The molecule has 0 bridgehead atoms. The molecule has 0 spiro atoms. The fraction of sp³-hybridized carbons (Fsp3) is 0.462. The van der Waals surface area contributed by atoms with Gasteiger partial charge in [-0.3, -0.25) is 4.79 Å². The molecule has 1 atom stereocenters. The Labute approximate surface area is 109 Å². The molecule has 2 rings (SSSR count).